The average molecular weight is 1180 g/mol. The molecule has 0 spiro atoms. The SMILES string of the molecule is CCC1(N)COc2c1cc(C(C)(O)CCC(=O)c1ccc(CC[C@@H](C)O)c(OC)c1)nc2-c1ccc(F)cc1.CCC1(NS(=O)C(C)(C)C)COc2c1cc(C(C)(O)CCC(=O)c1ccc(CC[C@@H](C)O)c(OC)c1)nc2-c1ccc(F)cc1. The lowest BCUT2D eigenvalue weighted by molar-refractivity contribution is 0.0395. The molecular formula is C66H82F2N4O11S. The molecule has 5 unspecified atom stereocenters. The Bertz CT molecular complexity index is 3330. The van der Waals surface area contributed by atoms with Crippen molar-refractivity contribution in [2.24, 2.45) is 5.73 Å². The Hall–Kier alpha value is -6.51. The van der Waals surface area contributed by atoms with Gasteiger partial charge in [-0.2, -0.15) is 0 Å². The molecule has 7 atom stereocenters. The quantitative estimate of drug-likeness (QED) is 0.0310. The molecule has 2 aliphatic rings. The van der Waals surface area contributed by atoms with E-state index < -0.39 is 56.0 Å². The topological polar surface area (TPSA) is 233 Å². The van der Waals surface area contributed by atoms with Crippen LogP contribution in [0.3, 0.4) is 0 Å². The smallest absolute Gasteiger partial charge is 0.163 e. The van der Waals surface area contributed by atoms with Gasteiger partial charge in [-0.15, -0.1) is 0 Å². The van der Waals surface area contributed by atoms with Crippen molar-refractivity contribution in [1.29, 1.82) is 0 Å². The van der Waals surface area contributed by atoms with Crippen LogP contribution in [0.2, 0.25) is 0 Å². The Morgan fingerprint density at radius 2 is 1.08 bits per heavy atom. The number of carbonyl (C=O) groups is 2. The molecule has 0 amide bonds. The molecule has 0 radical (unpaired) electrons. The van der Waals surface area contributed by atoms with Crippen LogP contribution in [0.15, 0.2) is 97.1 Å². The summed E-state index contributed by atoms with van der Waals surface area (Å²) in [5, 5.41) is 42.6. The van der Waals surface area contributed by atoms with Gasteiger partial charge in [-0.05, 0) is 184 Å². The van der Waals surface area contributed by atoms with Crippen LogP contribution in [0, 0.1) is 11.6 Å². The highest BCUT2D eigenvalue weighted by Gasteiger charge is 2.46. The molecule has 2 aromatic heterocycles. The fourth-order valence-corrected chi connectivity index (χ4v) is 11.1. The van der Waals surface area contributed by atoms with Crippen LogP contribution in [-0.4, -0.2) is 90.6 Å². The number of ketones is 2. The lowest BCUT2D eigenvalue weighted by Gasteiger charge is -2.32. The van der Waals surface area contributed by atoms with Gasteiger partial charge < -0.3 is 45.1 Å². The van der Waals surface area contributed by atoms with Crippen molar-refractivity contribution in [3.63, 3.8) is 0 Å². The van der Waals surface area contributed by atoms with E-state index in [2.05, 4.69) is 4.72 Å². The van der Waals surface area contributed by atoms with Crippen LogP contribution < -0.4 is 29.4 Å². The first-order valence-electron chi connectivity index (χ1n) is 28.7. The van der Waals surface area contributed by atoms with Crippen molar-refractivity contribution in [2.45, 2.75) is 166 Å². The van der Waals surface area contributed by atoms with E-state index >= 15 is 0 Å². The molecule has 7 N–H and O–H groups in total. The van der Waals surface area contributed by atoms with E-state index in [0.29, 0.717) is 112 Å². The molecule has 84 heavy (non-hydrogen) atoms. The highest BCUT2D eigenvalue weighted by Crippen LogP contribution is 2.48. The molecule has 0 fully saturated rings. The van der Waals surface area contributed by atoms with Gasteiger partial charge in [0.25, 0.3) is 0 Å². The molecule has 6 aromatic rings. The second-order valence-electron chi connectivity index (χ2n) is 23.7. The van der Waals surface area contributed by atoms with Gasteiger partial charge in [-0.25, -0.2) is 27.7 Å². The first-order valence-corrected chi connectivity index (χ1v) is 29.8. The number of ether oxygens (including phenoxy) is 4. The second-order valence-corrected chi connectivity index (χ2v) is 25.7. The van der Waals surface area contributed by atoms with Crippen molar-refractivity contribution < 1.29 is 62.0 Å². The Labute approximate surface area is 495 Å². The number of hydrogen-bond acceptors (Lipinski definition) is 14. The van der Waals surface area contributed by atoms with E-state index in [-0.39, 0.29) is 56.3 Å². The second kappa shape index (κ2) is 26.8. The minimum Gasteiger partial charge on any atom is -0.496 e. The summed E-state index contributed by atoms with van der Waals surface area (Å²) < 4.78 is 66.7. The summed E-state index contributed by atoms with van der Waals surface area (Å²) in [4.78, 5) is 36.0. The van der Waals surface area contributed by atoms with E-state index in [1.54, 1.807) is 103 Å². The molecule has 2 aliphatic heterocycles. The van der Waals surface area contributed by atoms with Crippen LogP contribution in [0.5, 0.6) is 23.0 Å². The number of hydrogen-bond donors (Lipinski definition) is 6. The number of nitrogens with zero attached hydrogens (tertiary/aromatic N) is 2. The van der Waals surface area contributed by atoms with Gasteiger partial charge in [-0.1, -0.05) is 38.1 Å². The van der Waals surface area contributed by atoms with Crippen LogP contribution in [-0.2, 0) is 46.1 Å². The summed E-state index contributed by atoms with van der Waals surface area (Å²) in [5.41, 5.74) is 9.18. The normalized spacial score (nSPS) is 18.8. The van der Waals surface area contributed by atoms with E-state index in [9.17, 15) is 43.0 Å². The molecule has 0 saturated carbocycles. The average Bonchev–Trinajstić information content (AvgIpc) is 1.90. The van der Waals surface area contributed by atoms with E-state index in [0.717, 1.165) is 16.7 Å². The summed E-state index contributed by atoms with van der Waals surface area (Å²) in [6.07, 6.45) is 3.01. The number of methoxy groups -OCH3 is 2. The van der Waals surface area contributed by atoms with Crippen LogP contribution >= 0.6 is 0 Å². The predicted molar refractivity (Wildman–Crippen MR) is 322 cm³/mol. The molecule has 8 rings (SSSR count). The first kappa shape index (κ1) is 65.0. The largest absolute Gasteiger partial charge is 0.496 e. The summed E-state index contributed by atoms with van der Waals surface area (Å²) in [6, 6.07) is 25.9. The number of Topliss-reactive ketones (excluding diaryl/α,β-unsaturated/α-hetero) is 2. The predicted octanol–water partition coefficient (Wildman–Crippen LogP) is 11.2. The number of aliphatic hydroxyl groups is 4. The number of nitrogens with two attached hydrogens (primary N) is 1. The number of rotatable bonds is 24. The lowest BCUT2D eigenvalue weighted by atomic mass is 9.85. The number of carbonyl (C=O) groups excluding carboxylic acids is 2. The zero-order valence-corrected chi connectivity index (χ0v) is 51.0. The van der Waals surface area contributed by atoms with Gasteiger partial charge in [0, 0.05) is 46.2 Å². The maximum absolute atomic E-state index is 13.8. The molecule has 4 aromatic carbocycles. The summed E-state index contributed by atoms with van der Waals surface area (Å²) >= 11 is 0. The van der Waals surface area contributed by atoms with E-state index in [1.165, 1.54) is 24.3 Å². The maximum atomic E-state index is 13.8. The van der Waals surface area contributed by atoms with Crippen molar-refractivity contribution in [3.05, 3.63) is 153 Å². The van der Waals surface area contributed by atoms with Crippen molar-refractivity contribution in [3.8, 4) is 45.5 Å². The zero-order valence-electron chi connectivity index (χ0n) is 50.2. The Morgan fingerprint density at radius 3 is 1.48 bits per heavy atom. The monoisotopic (exact) mass is 1180 g/mol. The number of aliphatic hydroxyl groups excluding tert-OH is 2. The summed E-state index contributed by atoms with van der Waals surface area (Å²) in [5.74, 6) is 1.13. The highest BCUT2D eigenvalue weighted by atomic mass is 32.2. The molecule has 0 bridgehead atoms. The first-order chi connectivity index (χ1) is 39.6. The molecule has 18 heteroatoms. The Balaban J connectivity index is 0.000000243. The summed E-state index contributed by atoms with van der Waals surface area (Å²) in [6.45, 7) is 16.8. The number of nitrogens with one attached hydrogen (secondary N) is 1. The minimum atomic E-state index is -1.52. The Morgan fingerprint density at radius 1 is 0.667 bits per heavy atom. The Kier molecular flexibility index (Phi) is 20.8. The van der Waals surface area contributed by atoms with Crippen molar-refractivity contribution in [1.82, 2.24) is 14.7 Å². The number of benzene rings is 4. The number of fused-ring (bicyclic) bond motifs is 2. The standard InChI is InChI=1S/C35H45FN2O6S.C31H37FN2O5/c1-8-35(38-45(42)33(3,4)5)21-44-32-27(35)20-30(37-31(32)24-13-15-26(36)16-14-24)34(6,41)18-17-28(40)25-12-11-23(10-9-22(2)39)29(19-25)43-7;1-5-31(33)18-39-29-24(31)17-27(34-28(29)21-10-12-23(32)13-11-21)30(3,37)15-14-25(36)22-9-8-20(7-6-19(2)35)26(16-22)38-4/h11-16,19-20,22,38-39,41H,8-10,17-18,21H2,1-7H3;8-13,16-17,19,35,37H,5-7,14-15,18,33H2,1-4H3/t22-,34?,35?,45?;19-,30?,31?/m11/s1. The van der Waals surface area contributed by atoms with Gasteiger partial charge in [0.05, 0.1) is 64.6 Å². The molecule has 4 heterocycles. The molecule has 452 valence electrons. The molecule has 0 saturated heterocycles. The maximum Gasteiger partial charge on any atom is 0.163 e. The third-order valence-electron chi connectivity index (χ3n) is 15.9. The van der Waals surface area contributed by atoms with Gasteiger partial charge in [0.15, 0.2) is 23.1 Å². The van der Waals surface area contributed by atoms with Gasteiger partial charge in [0.1, 0.15) is 58.9 Å². The lowest BCUT2D eigenvalue weighted by Crippen LogP contribution is -2.49. The molecule has 0 aliphatic carbocycles. The number of pyridine rings is 2. The fraction of sp³-hybridized carbons (Fsp3) is 0.455. The van der Waals surface area contributed by atoms with E-state index in [4.69, 9.17) is 34.6 Å². The van der Waals surface area contributed by atoms with Crippen molar-refractivity contribution in [2.75, 3.05) is 27.4 Å². The highest BCUT2D eigenvalue weighted by molar-refractivity contribution is 7.84. The number of aryl methyl sites for hydroxylation is 2. The van der Waals surface area contributed by atoms with Gasteiger partial charge in [-0.3, -0.25) is 9.59 Å². The van der Waals surface area contributed by atoms with Crippen molar-refractivity contribution >= 4 is 22.6 Å². The summed E-state index contributed by atoms with van der Waals surface area (Å²) in [7, 11) is 1.67. The van der Waals surface area contributed by atoms with Gasteiger partial charge >= 0.3 is 0 Å². The van der Waals surface area contributed by atoms with Crippen LogP contribution in [0.25, 0.3) is 22.5 Å². The third-order valence-corrected chi connectivity index (χ3v) is 17.6. The van der Waals surface area contributed by atoms with Crippen LogP contribution in [0.4, 0.5) is 8.78 Å². The third kappa shape index (κ3) is 15.1. The zero-order chi connectivity index (χ0) is 61.5. The fourth-order valence-electron chi connectivity index (χ4n) is 10.1. The van der Waals surface area contributed by atoms with E-state index in [1.807, 2.05) is 46.8 Å². The number of aromatic nitrogens is 2. The molecular weight excluding hydrogens is 1090 g/mol. The van der Waals surface area contributed by atoms with Crippen LogP contribution in [0.1, 0.15) is 168 Å². The molecule has 15 nitrogen and oxygen atoms in total. The van der Waals surface area contributed by atoms with Gasteiger partial charge in [0.2, 0.25) is 0 Å². The minimum absolute atomic E-state index is 0.0372. The number of halogens is 2.